The lowest BCUT2D eigenvalue weighted by molar-refractivity contribution is -0.138. The minimum absolute atomic E-state index is 0.0611. The molecule has 0 atom stereocenters. The quantitative estimate of drug-likeness (QED) is 0.696. The number of aliphatic carboxylic acids is 1. The Bertz CT molecular complexity index is 418. The molecule has 1 aromatic carbocycles. The van der Waals surface area contributed by atoms with Crippen molar-refractivity contribution in [2.75, 3.05) is 19.7 Å². The van der Waals surface area contributed by atoms with Crippen molar-refractivity contribution >= 4 is 5.97 Å². The molecule has 0 fully saturated rings. The van der Waals surface area contributed by atoms with E-state index in [0.717, 1.165) is 24.3 Å². The Morgan fingerprint density at radius 1 is 1.53 bits per heavy atom. The average molecular weight is 263 g/mol. The smallest absolute Gasteiger partial charge is 0.317 e. The first-order chi connectivity index (χ1) is 9.15. The van der Waals surface area contributed by atoms with Crippen LogP contribution < -0.4 is 4.74 Å². The van der Waals surface area contributed by atoms with Crippen molar-refractivity contribution in [2.45, 2.75) is 19.9 Å². The average Bonchev–Trinajstić information content (AvgIpc) is 2.36. The highest BCUT2D eigenvalue weighted by Gasteiger charge is 2.09. The van der Waals surface area contributed by atoms with Gasteiger partial charge < -0.3 is 9.84 Å². The summed E-state index contributed by atoms with van der Waals surface area (Å²) in [6.45, 7) is 7.56. The Hall–Kier alpha value is -1.81. The number of carboxylic acid groups (broad SMARTS) is 1. The third kappa shape index (κ3) is 6.06. The standard InChI is InChI=1S/C15H21NO3/c1-3-8-16(12-15(17)18)11-13-6-5-7-14(10-13)19-9-4-2/h4-7,10H,2-3,8-9,11-12H2,1H3,(H,17,18). The van der Waals surface area contributed by atoms with Crippen molar-refractivity contribution in [1.82, 2.24) is 4.90 Å². The van der Waals surface area contributed by atoms with E-state index >= 15 is 0 Å². The molecule has 0 spiro atoms. The lowest BCUT2D eigenvalue weighted by Crippen LogP contribution is -2.30. The molecule has 0 saturated carbocycles. The molecule has 0 bridgehead atoms. The Morgan fingerprint density at radius 3 is 2.95 bits per heavy atom. The van der Waals surface area contributed by atoms with Gasteiger partial charge in [0.2, 0.25) is 0 Å². The molecule has 0 unspecified atom stereocenters. The molecule has 19 heavy (non-hydrogen) atoms. The van der Waals surface area contributed by atoms with Crippen LogP contribution in [0.5, 0.6) is 5.75 Å². The third-order valence-electron chi connectivity index (χ3n) is 2.57. The largest absolute Gasteiger partial charge is 0.490 e. The molecular formula is C15H21NO3. The van der Waals surface area contributed by atoms with E-state index < -0.39 is 5.97 Å². The lowest BCUT2D eigenvalue weighted by Gasteiger charge is -2.19. The van der Waals surface area contributed by atoms with Crippen LogP contribution in [0, 0.1) is 0 Å². The number of rotatable bonds is 9. The summed E-state index contributed by atoms with van der Waals surface area (Å²) < 4.78 is 5.47. The molecule has 1 aromatic rings. The van der Waals surface area contributed by atoms with Crippen LogP contribution in [-0.2, 0) is 11.3 Å². The van der Waals surface area contributed by atoms with Gasteiger partial charge in [0.1, 0.15) is 12.4 Å². The summed E-state index contributed by atoms with van der Waals surface area (Å²) in [5.74, 6) is -0.0170. The number of nitrogens with zero attached hydrogens (tertiary/aromatic N) is 1. The number of benzene rings is 1. The predicted molar refractivity (Wildman–Crippen MR) is 75.3 cm³/mol. The SMILES string of the molecule is C=CCOc1cccc(CN(CCC)CC(=O)O)c1. The van der Waals surface area contributed by atoms with Crippen LogP contribution in [0.3, 0.4) is 0 Å². The Kier molecular flexibility index (Phi) is 6.68. The fourth-order valence-electron chi connectivity index (χ4n) is 1.87. The second kappa shape index (κ2) is 8.32. The molecule has 104 valence electrons. The maximum absolute atomic E-state index is 10.8. The third-order valence-corrected chi connectivity index (χ3v) is 2.57. The minimum atomic E-state index is -0.799. The summed E-state index contributed by atoms with van der Waals surface area (Å²) in [7, 11) is 0. The molecule has 0 aliphatic heterocycles. The molecule has 4 nitrogen and oxygen atoms in total. The van der Waals surface area contributed by atoms with E-state index in [2.05, 4.69) is 6.58 Å². The van der Waals surface area contributed by atoms with Crippen LogP contribution in [0.1, 0.15) is 18.9 Å². The number of carboxylic acids is 1. The summed E-state index contributed by atoms with van der Waals surface area (Å²) in [4.78, 5) is 12.7. The molecule has 0 radical (unpaired) electrons. The Labute approximate surface area is 114 Å². The molecule has 0 aromatic heterocycles. The maximum Gasteiger partial charge on any atom is 0.317 e. The molecule has 1 N–H and O–H groups in total. The number of ether oxygens (including phenoxy) is 1. The molecule has 0 aliphatic carbocycles. The zero-order valence-electron chi connectivity index (χ0n) is 11.3. The van der Waals surface area contributed by atoms with E-state index in [1.165, 1.54) is 0 Å². The molecule has 4 heteroatoms. The second-order valence-corrected chi connectivity index (χ2v) is 4.35. The monoisotopic (exact) mass is 263 g/mol. The van der Waals surface area contributed by atoms with Crippen LogP contribution in [0.15, 0.2) is 36.9 Å². The van der Waals surface area contributed by atoms with Crippen LogP contribution in [0.2, 0.25) is 0 Å². The van der Waals surface area contributed by atoms with Gasteiger partial charge in [-0.1, -0.05) is 31.7 Å². The zero-order chi connectivity index (χ0) is 14.1. The van der Waals surface area contributed by atoms with Crippen molar-refractivity contribution in [3.63, 3.8) is 0 Å². The van der Waals surface area contributed by atoms with E-state index in [4.69, 9.17) is 9.84 Å². The van der Waals surface area contributed by atoms with Gasteiger partial charge in [-0.2, -0.15) is 0 Å². The van der Waals surface area contributed by atoms with Gasteiger partial charge in [-0.3, -0.25) is 9.69 Å². The normalized spacial score (nSPS) is 10.4. The van der Waals surface area contributed by atoms with E-state index in [0.29, 0.717) is 13.2 Å². The maximum atomic E-state index is 10.8. The Balaban J connectivity index is 2.66. The molecule has 1 rings (SSSR count). The fourth-order valence-corrected chi connectivity index (χ4v) is 1.87. The van der Waals surface area contributed by atoms with Gasteiger partial charge in [-0.05, 0) is 30.7 Å². The van der Waals surface area contributed by atoms with E-state index in [1.807, 2.05) is 36.1 Å². The summed E-state index contributed by atoms with van der Waals surface area (Å²) in [6.07, 6.45) is 2.63. The van der Waals surface area contributed by atoms with Gasteiger partial charge >= 0.3 is 5.97 Å². The summed E-state index contributed by atoms with van der Waals surface area (Å²) >= 11 is 0. The van der Waals surface area contributed by atoms with Crippen LogP contribution in [0.4, 0.5) is 0 Å². The summed E-state index contributed by atoms with van der Waals surface area (Å²) in [5, 5.41) is 8.88. The van der Waals surface area contributed by atoms with Gasteiger partial charge in [0.05, 0.1) is 6.54 Å². The van der Waals surface area contributed by atoms with Gasteiger partial charge in [0.25, 0.3) is 0 Å². The van der Waals surface area contributed by atoms with Crippen molar-refractivity contribution in [3.05, 3.63) is 42.5 Å². The van der Waals surface area contributed by atoms with E-state index in [1.54, 1.807) is 6.08 Å². The predicted octanol–water partition coefficient (Wildman–Crippen LogP) is 2.55. The lowest BCUT2D eigenvalue weighted by atomic mass is 10.2. The van der Waals surface area contributed by atoms with Gasteiger partial charge in [-0.25, -0.2) is 0 Å². The molecule has 0 aliphatic rings. The highest BCUT2D eigenvalue weighted by Crippen LogP contribution is 2.15. The van der Waals surface area contributed by atoms with Crippen molar-refractivity contribution in [2.24, 2.45) is 0 Å². The van der Waals surface area contributed by atoms with Crippen molar-refractivity contribution < 1.29 is 14.6 Å². The molecular weight excluding hydrogens is 242 g/mol. The minimum Gasteiger partial charge on any atom is -0.490 e. The number of carbonyl (C=O) groups is 1. The van der Waals surface area contributed by atoms with Gasteiger partial charge in [-0.15, -0.1) is 0 Å². The number of hydrogen-bond donors (Lipinski definition) is 1. The van der Waals surface area contributed by atoms with Crippen molar-refractivity contribution in [1.29, 1.82) is 0 Å². The van der Waals surface area contributed by atoms with Crippen LogP contribution >= 0.6 is 0 Å². The first kappa shape index (κ1) is 15.2. The first-order valence-electron chi connectivity index (χ1n) is 6.42. The van der Waals surface area contributed by atoms with Crippen molar-refractivity contribution in [3.8, 4) is 5.75 Å². The first-order valence-corrected chi connectivity index (χ1v) is 6.42. The van der Waals surface area contributed by atoms with E-state index in [9.17, 15) is 4.79 Å². The molecule has 0 heterocycles. The van der Waals surface area contributed by atoms with Crippen LogP contribution in [0.25, 0.3) is 0 Å². The molecule has 0 saturated heterocycles. The Morgan fingerprint density at radius 2 is 2.32 bits per heavy atom. The summed E-state index contributed by atoms with van der Waals surface area (Å²) in [6, 6.07) is 7.71. The highest BCUT2D eigenvalue weighted by atomic mass is 16.5. The topological polar surface area (TPSA) is 49.8 Å². The zero-order valence-corrected chi connectivity index (χ0v) is 11.3. The van der Waals surface area contributed by atoms with Gasteiger partial charge in [0.15, 0.2) is 0 Å². The van der Waals surface area contributed by atoms with E-state index in [-0.39, 0.29) is 6.54 Å². The second-order valence-electron chi connectivity index (χ2n) is 4.35. The van der Waals surface area contributed by atoms with Crippen LogP contribution in [-0.4, -0.2) is 35.7 Å². The fraction of sp³-hybridized carbons (Fsp3) is 0.400. The van der Waals surface area contributed by atoms with Gasteiger partial charge in [0, 0.05) is 6.54 Å². The molecule has 0 amide bonds. The summed E-state index contributed by atoms with van der Waals surface area (Å²) in [5.41, 5.74) is 1.05. The number of hydrogen-bond acceptors (Lipinski definition) is 3. The highest BCUT2D eigenvalue weighted by molar-refractivity contribution is 5.69.